The number of hydrogen-bond donors (Lipinski definition) is 2. The zero-order valence-electron chi connectivity index (χ0n) is 12.3. The standard InChI is InChI=1S/C16H11Cl2N5O/c17-9-5-10(18)15-22-13(8-23(15)7-9)16(24)19-6-14-20-11-3-1-2-4-12(11)21-14/h1-5,7-8H,6H2,(H,19,24)(H,20,21). The molecule has 4 aromatic rings. The molecule has 2 N–H and O–H groups in total. The summed E-state index contributed by atoms with van der Waals surface area (Å²) in [5.41, 5.74) is 2.53. The first-order valence-electron chi connectivity index (χ1n) is 7.16. The fraction of sp³-hybridized carbons (Fsp3) is 0.0625. The molecule has 3 heterocycles. The van der Waals surface area contributed by atoms with Gasteiger partial charge in [0.05, 0.1) is 27.6 Å². The van der Waals surface area contributed by atoms with Crippen LogP contribution in [0.3, 0.4) is 0 Å². The Kier molecular flexibility index (Phi) is 3.63. The highest BCUT2D eigenvalue weighted by Gasteiger charge is 2.13. The van der Waals surface area contributed by atoms with Crippen molar-refractivity contribution in [2.24, 2.45) is 0 Å². The van der Waals surface area contributed by atoms with Gasteiger partial charge in [0, 0.05) is 12.4 Å². The number of rotatable bonds is 3. The van der Waals surface area contributed by atoms with Crippen LogP contribution in [-0.4, -0.2) is 25.3 Å². The van der Waals surface area contributed by atoms with Crippen molar-refractivity contribution in [3.05, 3.63) is 64.3 Å². The van der Waals surface area contributed by atoms with Gasteiger partial charge in [-0.1, -0.05) is 35.3 Å². The zero-order valence-corrected chi connectivity index (χ0v) is 13.8. The van der Waals surface area contributed by atoms with E-state index in [4.69, 9.17) is 23.2 Å². The number of nitrogens with zero attached hydrogens (tertiary/aromatic N) is 3. The summed E-state index contributed by atoms with van der Waals surface area (Å²) < 4.78 is 1.63. The predicted molar refractivity (Wildman–Crippen MR) is 92.5 cm³/mol. The van der Waals surface area contributed by atoms with Crippen LogP contribution in [0.25, 0.3) is 16.7 Å². The number of carbonyl (C=O) groups excluding carboxylic acids is 1. The highest BCUT2D eigenvalue weighted by molar-refractivity contribution is 6.36. The molecule has 0 saturated heterocycles. The van der Waals surface area contributed by atoms with Gasteiger partial charge in [0.25, 0.3) is 5.91 Å². The number of pyridine rings is 1. The molecule has 0 aliphatic carbocycles. The molecule has 0 aliphatic heterocycles. The van der Waals surface area contributed by atoms with Crippen molar-refractivity contribution in [1.29, 1.82) is 0 Å². The normalized spacial score (nSPS) is 11.2. The van der Waals surface area contributed by atoms with E-state index in [1.54, 1.807) is 22.9 Å². The van der Waals surface area contributed by atoms with E-state index in [9.17, 15) is 4.79 Å². The van der Waals surface area contributed by atoms with Gasteiger partial charge in [-0.15, -0.1) is 0 Å². The zero-order chi connectivity index (χ0) is 16.7. The molecule has 0 unspecified atom stereocenters. The molecular formula is C16H11Cl2N5O. The molecule has 1 aromatic carbocycles. The van der Waals surface area contributed by atoms with E-state index in [1.807, 2.05) is 24.3 Å². The third-order valence-corrected chi connectivity index (χ3v) is 4.05. The molecule has 4 rings (SSSR count). The Labute approximate surface area is 146 Å². The van der Waals surface area contributed by atoms with Crippen LogP contribution in [0.4, 0.5) is 0 Å². The molecule has 8 heteroatoms. The summed E-state index contributed by atoms with van der Waals surface area (Å²) >= 11 is 12.0. The largest absolute Gasteiger partial charge is 0.343 e. The maximum absolute atomic E-state index is 12.3. The van der Waals surface area contributed by atoms with Crippen molar-refractivity contribution in [3.63, 3.8) is 0 Å². The van der Waals surface area contributed by atoms with Crippen molar-refractivity contribution in [2.75, 3.05) is 0 Å². The maximum atomic E-state index is 12.3. The molecule has 0 saturated carbocycles. The fourth-order valence-corrected chi connectivity index (χ4v) is 3.01. The van der Waals surface area contributed by atoms with Gasteiger partial charge in [-0.2, -0.15) is 0 Å². The summed E-state index contributed by atoms with van der Waals surface area (Å²) in [6, 6.07) is 9.26. The highest BCUT2D eigenvalue weighted by Crippen LogP contribution is 2.21. The Balaban J connectivity index is 1.54. The smallest absolute Gasteiger partial charge is 0.271 e. The summed E-state index contributed by atoms with van der Waals surface area (Å²) in [5.74, 6) is 0.362. The number of halogens is 2. The van der Waals surface area contributed by atoms with E-state index in [1.165, 1.54) is 0 Å². The first-order valence-corrected chi connectivity index (χ1v) is 7.91. The van der Waals surface area contributed by atoms with Gasteiger partial charge in [0.2, 0.25) is 0 Å². The molecule has 120 valence electrons. The van der Waals surface area contributed by atoms with Crippen LogP contribution < -0.4 is 5.32 Å². The van der Waals surface area contributed by atoms with Crippen LogP contribution in [0.5, 0.6) is 0 Å². The number of amides is 1. The molecule has 6 nitrogen and oxygen atoms in total. The molecule has 3 aromatic heterocycles. The third kappa shape index (κ3) is 2.70. The fourth-order valence-electron chi connectivity index (χ4n) is 2.48. The third-order valence-electron chi connectivity index (χ3n) is 3.56. The van der Waals surface area contributed by atoms with E-state index in [0.29, 0.717) is 21.5 Å². The van der Waals surface area contributed by atoms with Crippen LogP contribution in [-0.2, 0) is 6.54 Å². The Morgan fingerprint density at radius 2 is 2.04 bits per heavy atom. The van der Waals surface area contributed by atoms with E-state index < -0.39 is 0 Å². The van der Waals surface area contributed by atoms with E-state index in [2.05, 4.69) is 20.3 Å². The lowest BCUT2D eigenvalue weighted by atomic mass is 10.3. The van der Waals surface area contributed by atoms with E-state index >= 15 is 0 Å². The Bertz CT molecular complexity index is 1040. The van der Waals surface area contributed by atoms with Gasteiger partial charge in [0.15, 0.2) is 5.65 Å². The minimum atomic E-state index is -0.314. The van der Waals surface area contributed by atoms with Crippen molar-refractivity contribution < 1.29 is 4.79 Å². The first kappa shape index (κ1) is 15.0. The van der Waals surface area contributed by atoms with E-state index in [0.717, 1.165) is 11.0 Å². The van der Waals surface area contributed by atoms with Crippen molar-refractivity contribution >= 4 is 45.8 Å². The number of para-hydroxylation sites is 2. The number of aromatic amines is 1. The van der Waals surface area contributed by atoms with E-state index in [-0.39, 0.29) is 18.1 Å². The van der Waals surface area contributed by atoms with Gasteiger partial charge < -0.3 is 14.7 Å². The number of aromatic nitrogens is 4. The van der Waals surface area contributed by atoms with Crippen LogP contribution in [0.15, 0.2) is 42.7 Å². The van der Waals surface area contributed by atoms with Crippen LogP contribution in [0.2, 0.25) is 10.0 Å². The van der Waals surface area contributed by atoms with Gasteiger partial charge >= 0.3 is 0 Å². The summed E-state index contributed by atoms with van der Waals surface area (Å²) in [6.45, 7) is 0.274. The van der Waals surface area contributed by atoms with Gasteiger partial charge in [-0.3, -0.25) is 4.79 Å². The lowest BCUT2D eigenvalue weighted by Gasteiger charge is -1.99. The topological polar surface area (TPSA) is 75.1 Å². The summed E-state index contributed by atoms with van der Waals surface area (Å²) in [4.78, 5) is 24.1. The molecule has 0 aliphatic rings. The second-order valence-electron chi connectivity index (χ2n) is 5.25. The summed E-state index contributed by atoms with van der Waals surface area (Å²) in [6.07, 6.45) is 3.23. The Hall–Kier alpha value is -2.57. The van der Waals surface area contributed by atoms with Crippen LogP contribution in [0, 0.1) is 0 Å². The molecule has 0 atom stereocenters. The van der Waals surface area contributed by atoms with Gasteiger partial charge in [-0.25, -0.2) is 9.97 Å². The second-order valence-corrected chi connectivity index (χ2v) is 6.09. The minimum absolute atomic E-state index is 0.260. The maximum Gasteiger partial charge on any atom is 0.271 e. The average molecular weight is 360 g/mol. The minimum Gasteiger partial charge on any atom is -0.343 e. The van der Waals surface area contributed by atoms with Crippen molar-refractivity contribution in [1.82, 2.24) is 24.7 Å². The summed E-state index contributed by atoms with van der Waals surface area (Å²) in [7, 11) is 0. The molecule has 0 bridgehead atoms. The van der Waals surface area contributed by atoms with Crippen molar-refractivity contribution in [2.45, 2.75) is 6.54 Å². The van der Waals surface area contributed by atoms with Gasteiger partial charge in [0.1, 0.15) is 11.5 Å². The Morgan fingerprint density at radius 1 is 1.21 bits per heavy atom. The number of carbonyl (C=O) groups is 1. The van der Waals surface area contributed by atoms with Crippen LogP contribution in [0.1, 0.15) is 16.3 Å². The molecule has 0 spiro atoms. The monoisotopic (exact) mass is 359 g/mol. The second kappa shape index (κ2) is 5.81. The quantitative estimate of drug-likeness (QED) is 0.588. The predicted octanol–water partition coefficient (Wildman–Crippen LogP) is 3.45. The molecule has 0 radical (unpaired) electrons. The lowest BCUT2D eigenvalue weighted by molar-refractivity contribution is 0.0945. The molecule has 0 fully saturated rings. The number of hydrogen-bond acceptors (Lipinski definition) is 3. The van der Waals surface area contributed by atoms with Gasteiger partial charge in [-0.05, 0) is 18.2 Å². The SMILES string of the molecule is O=C(NCc1nc2ccccc2[nH]1)c1cn2cc(Cl)cc(Cl)c2n1. The number of nitrogens with one attached hydrogen (secondary N) is 2. The lowest BCUT2D eigenvalue weighted by Crippen LogP contribution is -2.23. The molecule has 1 amide bonds. The Morgan fingerprint density at radius 3 is 2.88 bits per heavy atom. The average Bonchev–Trinajstić information content (AvgIpc) is 3.15. The van der Waals surface area contributed by atoms with Crippen LogP contribution >= 0.6 is 23.2 Å². The number of H-pyrrole nitrogens is 1. The summed E-state index contributed by atoms with van der Waals surface area (Å²) in [5, 5.41) is 3.65. The number of fused-ring (bicyclic) bond motifs is 2. The number of imidazole rings is 2. The first-order chi connectivity index (χ1) is 11.6. The molecular weight excluding hydrogens is 349 g/mol. The van der Waals surface area contributed by atoms with Crippen molar-refractivity contribution in [3.8, 4) is 0 Å². The highest BCUT2D eigenvalue weighted by atomic mass is 35.5. The molecule has 24 heavy (non-hydrogen) atoms. The number of benzene rings is 1.